The van der Waals surface area contributed by atoms with Crippen LogP contribution in [-0.4, -0.2) is 61.3 Å². The molecule has 1 atom stereocenters. The zero-order valence-corrected chi connectivity index (χ0v) is 15.4. The van der Waals surface area contributed by atoms with Gasteiger partial charge < -0.3 is 15.0 Å². The van der Waals surface area contributed by atoms with Crippen LogP contribution in [0.1, 0.15) is 31.2 Å². The Kier molecular flexibility index (Phi) is 5.77. The van der Waals surface area contributed by atoms with Gasteiger partial charge in [0, 0.05) is 51.9 Å². The lowest BCUT2D eigenvalue weighted by Gasteiger charge is -2.46. The monoisotopic (exact) mass is 367 g/mol. The van der Waals surface area contributed by atoms with E-state index >= 15 is 0 Å². The molecule has 144 valence electrons. The third-order valence-electron chi connectivity index (χ3n) is 5.42. The average molecular weight is 367 g/mol. The van der Waals surface area contributed by atoms with E-state index in [1.807, 2.05) is 0 Å². The number of likely N-dealkylation sites (tertiary alicyclic amines) is 1. The molecule has 1 N–H and O–H groups in total. The summed E-state index contributed by atoms with van der Waals surface area (Å²) in [7, 11) is 3.46. The molecule has 1 spiro atoms. The summed E-state index contributed by atoms with van der Waals surface area (Å²) in [4.78, 5) is 15.6. The number of urea groups is 1. The van der Waals surface area contributed by atoms with Gasteiger partial charge in [-0.3, -0.25) is 4.90 Å². The van der Waals surface area contributed by atoms with Crippen molar-refractivity contribution >= 4 is 6.03 Å². The first-order valence-electron chi connectivity index (χ1n) is 9.16. The Morgan fingerprint density at radius 3 is 2.77 bits per heavy atom. The summed E-state index contributed by atoms with van der Waals surface area (Å²) >= 11 is 0. The Hall–Kier alpha value is -1.73. The van der Waals surface area contributed by atoms with E-state index in [9.17, 15) is 13.6 Å². The van der Waals surface area contributed by atoms with E-state index in [4.69, 9.17) is 4.74 Å². The predicted octanol–water partition coefficient (Wildman–Crippen LogP) is 2.75. The van der Waals surface area contributed by atoms with Crippen LogP contribution in [0.15, 0.2) is 18.2 Å². The Bertz CT molecular complexity index is 646. The molecule has 0 saturated carbocycles. The van der Waals surface area contributed by atoms with Crippen molar-refractivity contribution in [3.8, 4) is 0 Å². The number of nitrogens with one attached hydrogen (secondary N) is 1. The van der Waals surface area contributed by atoms with E-state index < -0.39 is 11.6 Å². The third kappa shape index (κ3) is 4.32. The summed E-state index contributed by atoms with van der Waals surface area (Å²) < 4.78 is 33.3. The fraction of sp³-hybridized carbons (Fsp3) is 0.632. The highest BCUT2D eigenvalue weighted by molar-refractivity contribution is 5.73. The smallest absolute Gasteiger partial charge is 0.317 e. The Balaban J connectivity index is 1.55. The molecule has 0 radical (unpaired) electrons. The number of nitrogens with zero attached hydrogens (tertiary/aromatic N) is 2. The summed E-state index contributed by atoms with van der Waals surface area (Å²) in [6.45, 7) is 2.58. The maximum atomic E-state index is 13.9. The molecule has 1 aromatic rings. The van der Waals surface area contributed by atoms with Gasteiger partial charge in [-0.1, -0.05) is 12.1 Å². The minimum Gasteiger partial charge on any atom is -0.375 e. The normalized spacial score (nSPS) is 23.0. The Morgan fingerprint density at radius 1 is 1.35 bits per heavy atom. The highest BCUT2D eigenvalue weighted by Gasteiger charge is 2.40. The molecule has 2 amide bonds. The van der Waals surface area contributed by atoms with Gasteiger partial charge in [0.25, 0.3) is 0 Å². The van der Waals surface area contributed by atoms with E-state index in [0.29, 0.717) is 18.7 Å². The average Bonchev–Trinajstić information content (AvgIpc) is 2.61. The first kappa shape index (κ1) is 19.0. The number of carbonyl (C=O) groups is 1. The molecule has 2 saturated heterocycles. The lowest BCUT2D eigenvalue weighted by molar-refractivity contribution is -0.119. The van der Waals surface area contributed by atoms with Crippen molar-refractivity contribution in [3.05, 3.63) is 35.4 Å². The molecular weight excluding hydrogens is 340 g/mol. The highest BCUT2D eigenvalue weighted by Crippen LogP contribution is 2.35. The van der Waals surface area contributed by atoms with Gasteiger partial charge in [0.05, 0.1) is 5.60 Å². The SMILES string of the molecule is CN(C)C(=O)N[C@H]1CCOC2(CCN(Cc3cccc(F)c3F)CC2)C1. The number of hydrogen-bond donors (Lipinski definition) is 1. The molecule has 2 fully saturated rings. The van der Waals surface area contributed by atoms with Crippen molar-refractivity contribution < 1.29 is 18.3 Å². The predicted molar refractivity (Wildman–Crippen MR) is 94.8 cm³/mol. The van der Waals surface area contributed by atoms with Crippen molar-refractivity contribution in [3.63, 3.8) is 0 Å². The Morgan fingerprint density at radius 2 is 2.08 bits per heavy atom. The minimum absolute atomic E-state index is 0.0777. The number of amides is 2. The van der Waals surface area contributed by atoms with Crippen LogP contribution in [0.5, 0.6) is 0 Å². The van der Waals surface area contributed by atoms with Gasteiger partial charge in [-0.15, -0.1) is 0 Å². The van der Waals surface area contributed by atoms with E-state index in [0.717, 1.165) is 44.8 Å². The van der Waals surface area contributed by atoms with Gasteiger partial charge in [-0.2, -0.15) is 0 Å². The molecule has 2 aliphatic heterocycles. The molecule has 0 bridgehead atoms. The van der Waals surface area contributed by atoms with Crippen LogP contribution >= 0.6 is 0 Å². The van der Waals surface area contributed by atoms with Crippen LogP contribution < -0.4 is 5.32 Å². The summed E-state index contributed by atoms with van der Waals surface area (Å²) in [5, 5.41) is 3.06. The zero-order valence-electron chi connectivity index (χ0n) is 15.4. The fourth-order valence-corrected chi connectivity index (χ4v) is 3.83. The number of piperidine rings is 1. The topological polar surface area (TPSA) is 44.8 Å². The standard InChI is InChI=1S/C19H27F2N3O2/c1-23(2)18(25)22-15-6-11-26-19(12-15)7-9-24(10-8-19)13-14-4-3-5-16(20)17(14)21/h3-5,15H,6-13H2,1-2H3,(H,22,25)/t15-/m0/s1. The van der Waals surface area contributed by atoms with Gasteiger partial charge in [-0.25, -0.2) is 13.6 Å². The summed E-state index contributed by atoms with van der Waals surface area (Å²) in [5.41, 5.74) is 0.168. The third-order valence-corrected chi connectivity index (χ3v) is 5.42. The van der Waals surface area contributed by atoms with Crippen LogP contribution in [0.3, 0.4) is 0 Å². The number of hydrogen-bond acceptors (Lipinski definition) is 3. The Labute approximate surface area is 153 Å². The van der Waals surface area contributed by atoms with Crippen molar-refractivity contribution in [2.45, 2.75) is 43.9 Å². The second kappa shape index (κ2) is 7.88. The molecule has 26 heavy (non-hydrogen) atoms. The molecular formula is C19H27F2N3O2. The second-order valence-electron chi connectivity index (χ2n) is 7.55. The number of rotatable bonds is 3. The van der Waals surface area contributed by atoms with Gasteiger partial charge in [-0.05, 0) is 31.7 Å². The van der Waals surface area contributed by atoms with E-state index in [2.05, 4.69) is 10.2 Å². The first-order valence-corrected chi connectivity index (χ1v) is 9.16. The quantitative estimate of drug-likeness (QED) is 0.894. The molecule has 0 unspecified atom stereocenters. The van der Waals surface area contributed by atoms with Crippen molar-refractivity contribution in [2.75, 3.05) is 33.8 Å². The van der Waals surface area contributed by atoms with Crippen LogP contribution in [0.2, 0.25) is 0 Å². The fourth-order valence-electron chi connectivity index (χ4n) is 3.83. The molecule has 2 heterocycles. The first-order chi connectivity index (χ1) is 12.4. The zero-order chi connectivity index (χ0) is 18.7. The number of benzene rings is 1. The molecule has 5 nitrogen and oxygen atoms in total. The van der Waals surface area contributed by atoms with Crippen LogP contribution in [-0.2, 0) is 11.3 Å². The largest absolute Gasteiger partial charge is 0.375 e. The van der Waals surface area contributed by atoms with Gasteiger partial charge in [0.2, 0.25) is 0 Å². The van der Waals surface area contributed by atoms with Gasteiger partial charge in [0.1, 0.15) is 0 Å². The highest BCUT2D eigenvalue weighted by atomic mass is 19.2. The molecule has 0 aromatic heterocycles. The summed E-state index contributed by atoms with van der Waals surface area (Å²) in [6.07, 6.45) is 3.28. The summed E-state index contributed by atoms with van der Waals surface area (Å²) in [6, 6.07) is 4.35. The van der Waals surface area contributed by atoms with Gasteiger partial charge in [0.15, 0.2) is 11.6 Å². The lowest BCUT2D eigenvalue weighted by atomic mass is 9.82. The summed E-state index contributed by atoms with van der Waals surface area (Å²) in [5.74, 6) is -1.56. The van der Waals surface area contributed by atoms with Crippen molar-refractivity contribution in [2.24, 2.45) is 0 Å². The van der Waals surface area contributed by atoms with E-state index in [-0.39, 0.29) is 17.7 Å². The maximum Gasteiger partial charge on any atom is 0.317 e. The van der Waals surface area contributed by atoms with Crippen molar-refractivity contribution in [1.29, 1.82) is 0 Å². The number of halogens is 2. The molecule has 7 heteroatoms. The number of ether oxygens (including phenoxy) is 1. The van der Waals surface area contributed by atoms with Crippen molar-refractivity contribution in [1.82, 2.24) is 15.1 Å². The lowest BCUT2D eigenvalue weighted by Crippen LogP contribution is -2.54. The van der Waals surface area contributed by atoms with Crippen LogP contribution in [0.25, 0.3) is 0 Å². The van der Waals surface area contributed by atoms with Crippen LogP contribution in [0.4, 0.5) is 13.6 Å². The van der Waals surface area contributed by atoms with E-state index in [1.165, 1.54) is 4.90 Å². The molecule has 3 rings (SSSR count). The molecule has 2 aliphatic rings. The van der Waals surface area contributed by atoms with Gasteiger partial charge >= 0.3 is 6.03 Å². The number of carbonyl (C=O) groups excluding carboxylic acids is 1. The molecule has 1 aromatic carbocycles. The minimum atomic E-state index is -0.800. The molecule has 0 aliphatic carbocycles. The maximum absolute atomic E-state index is 13.9. The van der Waals surface area contributed by atoms with Crippen LogP contribution in [0, 0.1) is 11.6 Å². The van der Waals surface area contributed by atoms with E-state index in [1.54, 1.807) is 26.2 Å². The second-order valence-corrected chi connectivity index (χ2v) is 7.55.